The van der Waals surface area contributed by atoms with Crippen molar-refractivity contribution in [3.8, 4) is 0 Å². The van der Waals surface area contributed by atoms with Gasteiger partial charge in [0.2, 0.25) is 0 Å². The van der Waals surface area contributed by atoms with E-state index in [4.69, 9.17) is 18.9 Å². The normalized spacial score (nSPS) is 31.4. The molecule has 12 nitrogen and oxygen atoms in total. The molecule has 0 aliphatic carbocycles. The predicted molar refractivity (Wildman–Crippen MR) is 105 cm³/mol. The minimum Gasteiger partial charge on any atom is -0.506 e. The van der Waals surface area contributed by atoms with Crippen LogP contribution in [0.5, 0.6) is 0 Å². The first kappa shape index (κ1) is 26.0. The van der Waals surface area contributed by atoms with Crippen molar-refractivity contribution in [1.82, 2.24) is 0 Å². The Labute approximate surface area is 175 Å². The van der Waals surface area contributed by atoms with Crippen molar-refractivity contribution in [2.75, 3.05) is 65.2 Å². The Kier molecular flexibility index (Phi) is 9.57. The minimum absolute atomic E-state index is 0.0295. The molecule has 4 N–H and O–H groups in total. The second-order valence-corrected chi connectivity index (χ2v) is 11.1. The highest BCUT2D eigenvalue weighted by atomic mass is 31.2. The number of ether oxygens (including phenoxy) is 4. The van der Waals surface area contributed by atoms with Gasteiger partial charge in [0.25, 0.3) is 0 Å². The molecule has 0 aromatic carbocycles. The molecule has 0 atom stereocenters. The lowest BCUT2D eigenvalue weighted by Gasteiger charge is -2.44. The van der Waals surface area contributed by atoms with Gasteiger partial charge in [-0.1, -0.05) is 0 Å². The number of rotatable bonds is 4. The van der Waals surface area contributed by atoms with Crippen LogP contribution in [-0.2, 0) is 28.1 Å². The third-order valence-electron chi connectivity index (χ3n) is 5.49. The average molecular weight is 474 g/mol. The van der Waals surface area contributed by atoms with Gasteiger partial charge in [0.05, 0.1) is 52.9 Å². The van der Waals surface area contributed by atoms with Crippen LogP contribution in [0.1, 0.15) is 25.7 Å². The molecule has 2 heterocycles. The van der Waals surface area contributed by atoms with Gasteiger partial charge in [-0.05, 0) is 0 Å². The number of hydrogen-bond donors (Lipinski definition) is 4. The largest absolute Gasteiger partial charge is 0.506 e. The number of hydrogen-bond acceptors (Lipinski definition) is 6. The predicted octanol–water partition coefficient (Wildman–Crippen LogP) is 0.507. The van der Waals surface area contributed by atoms with Crippen LogP contribution in [0.25, 0.3) is 5.53 Å². The zero-order valence-corrected chi connectivity index (χ0v) is 18.7. The Morgan fingerprint density at radius 2 is 0.900 bits per heavy atom. The average Bonchev–Trinajstić information content (AvgIpc) is 2.65. The summed E-state index contributed by atoms with van der Waals surface area (Å²) in [6.07, 6.45) is -1.31. The number of fused-ring (bicyclic) bond motifs is 2. The van der Waals surface area contributed by atoms with Crippen LogP contribution in [0.4, 0.5) is 0 Å². The van der Waals surface area contributed by atoms with Gasteiger partial charge < -0.3 is 48.7 Å². The minimum atomic E-state index is -4.64. The van der Waals surface area contributed by atoms with E-state index in [9.17, 15) is 34.2 Å². The Morgan fingerprint density at radius 1 is 0.633 bits per heavy atom. The van der Waals surface area contributed by atoms with E-state index in [2.05, 4.69) is 0 Å². The molecule has 2 fully saturated rings. The zero-order chi connectivity index (χ0) is 22.3. The summed E-state index contributed by atoms with van der Waals surface area (Å²) >= 11 is 0. The van der Waals surface area contributed by atoms with Gasteiger partial charge in [0.1, 0.15) is 12.3 Å². The molecule has 2 rings (SSSR count). The van der Waals surface area contributed by atoms with Crippen molar-refractivity contribution in [1.29, 1.82) is 0 Å². The van der Waals surface area contributed by atoms with E-state index in [-0.39, 0.29) is 78.5 Å². The van der Waals surface area contributed by atoms with Gasteiger partial charge in [0.15, 0.2) is 11.1 Å². The van der Waals surface area contributed by atoms with Crippen molar-refractivity contribution in [3.63, 3.8) is 0 Å². The summed E-state index contributed by atoms with van der Waals surface area (Å²) in [5, 5.41) is 0. The Morgan fingerprint density at radius 3 is 1.13 bits per heavy atom. The van der Waals surface area contributed by atoms with E-state index in [0.717, 1.165) is 4.70 Å². The summed E-state index contributed by atoms with van der Waals surface area (Å²) in [6, 6.07) is 0. The molecule has 176 valence electrons. The van der Waals surface area contributed by atoms with Gasteiger partial charge in [-0.25, -0.2) is 0 Å². The standard InChI is InChI=1S/C16H32N2O10P2/c17-18-15(13-29(19,20)21)1-5-25-9-10-27-7-3-16(18,14-30(22,23)24)4-8-28-12-11-26-6-2-15/h1-14H2,(H2,19,20,21)(H2,22,23,24). The maximum atomic E-state index is 12.0. The van der Waals surface area contributed by atoms with Gasteiger partial charge in [-0.15, -0.1) is 0 Å². The molecule has 2 aliphatic heterocycles. The monoisotopic (exact) mass is 474 g/mol. The van der Waals surface area contributed by atoms with Gasteiger partial charge in [-0.3, -0.25) is 9.13 Å². The molecule has 2 bridgehead atoms. The molecule has 0 radical (unpaired) electrons. The molecule has 0 saturated carbocycles. The van der Waals surface area contributed by atoms with Crippen LogP contribution in [0.2, 0.25) is 0 Å². The van der Waals surface area contributed by atoms with Crippen LogP contribution in [-0.4, -0.2) is 101 Å². The van der Waals surface area contributed by atoms with E-state index in [1.54, 1.807) is 0 Å². The lowest BCUT2D eigenvalue weighted by molar-refractivity contribution is -0.691. The second kappa shape index (κ2) is 11.0. The topological polar surface area (TPSA) is 177 Å². The molecule has 0 aromatic rings. The first-order valence-electron chi connectivity index (χ1n) is 9.88. The van der Waals surface area contributed by atoms with Crippen LogP contribution in [0, 0.1) is 0 Å². The maximum absolute atomic E-state index is 12.0. The smallest absolute Gasteiger partial charge is 0.332 e. The van der Waals surface area contributed by atoms with E-state index in [1.165, 1.54) is 0 Å². The highest BCUT2D eigenvalue weighted by Crippen LogP contribution is 2.48. The highest BCUT2D eigenvalue weighted by molar-refractivity contribution is 7.52. The first-order chi connectivity index (χ1) is 14.0. The van der Waals surface area contributed by atoms with Crippen molar-refractivity contribution in [2.24, 2.45) is 0 Å². The molecule has 14 heteroatoms. The quantitative estimate of drug-likeness (QED) is 0.331. The van der Waals surface area contributed by atoms with Gasteiger partial charge in [0, 0.05) is 25.7 Å². The fourth-order valence-electron chi connectivity index (χ4n) is 4.09. The third-order valence-corrected chi connectivity index (χ3v) is 7.49. The van der Waals surface area contributed by atoms with Crippen molar-refractivity contribution >= 4 is 15.2 Å². The molecule has 2 saturated heterocycles. The van der Waals surface area contributed by atoms with Crippen LogP contribution in [0.15, 0.2) is 0 Å². The molecular weight excluding hydrogens is 442 g/mol. The van der Waals surface area contributed by atoms with E-state index in [0.29, 0.717) is 0 Å². The van der Waals surface area contributed by atoms with Crippen LogP contribution >= 0.6 is 15.2 Å². The van der Waals surface area contributed by atoms with Crippen molar-refractivity contribution < 1.29 is 52.3 Å². The zero-order valence-electron chi connectivity index (χ0n) is 16.9. The van der Waals surface area contributed by atoms with E-state index in [1.807, 2.05) is 0 Å². The fraction of sp³-hybridized carbons (Fsp3) is 1.00. The van der Waals surface area contributed by atoms with Crippen LogP contribution < -0.4 is 0 Å². The third kappa shape index (κ3) is 8.02. The van der Waals surface area contributed by atoms with Gasteiger partial charge in [-0.2, -0.15) is 0 Å². The SMILES string of the molecule is [N-]=[N+]1C2(CP(=O)(O)O)CCOCCOCCC1(CP(=O)(O)O)CCOCCOCC2. The molecule has 0 spiro atoms. The molecule has 0 aromatic heterocycles. The lowest BCUT2D eigenvalue weighted by atomic mass is 9.85. The summed E-state index contributed by atoms with van der Waals surface area (Å²) in [5.74, 6) is 0. The summed E-state index contributed by atoms with van der Waals surface area (Å²) in [6.45, 7) is 1.30. The molecule has 0 amide bonds. The fourth-order valence-corrected chi connectivity index (χ4v) is 6.52. The number of nitrogens with zero attached hydrogens (tertiary/aromatic N) is 2. The Hall–Kier alpha value is -0.260. The first-order valence-corrected chi connectivity index (χ1v) is 13.5. The second-order valence-electron chi connectivity index (χ2n) is 7.86. The van der Waals surface area contributed by atoms with E-state index < -0.39 is 38.6 Å². The van der Waals surface area contributed by atoms with Crippen molar-refractivity contribution in [2.45, 2.75) is 36.8 Å². The summed E-state index contributed by atoms with van der Waals surface area (Å²) < 4.78 is 46.8. The molecule has 2 aliphatic rings. The summed E-state index contributed by atoms with van der Waals surface area (Å²) in [5.41, 5.74) is 8.42. The Bertz CT molecular complexity index is 590. The Balaban J connectivity index is 2.59. The van der Waals surface area contributed by atoms with Crippen LogP contribution in [0.3, 0.4) is 0 Å². The molecule has 0 unspecified atom stereocenters. The summed E-state index contributed by atoms with van der Waals surface area (Å²) in [7, 11) is -9.27. The lowest BCUT2D eigenvalue weighted by Crippen LogP contribution is -2.58. The molecular formula is C16H32N2O10P2. The summed E-state index contributed by atoms with van der Waals surface area (Å²) in [4.78, 5) is 39.1. The van der Waals surface area contributed by atoms with Gasteiger partial charge >= 0.3 is 15.2 Å². The van der Waals surface area contributed by atoms with E-state index >= 15 is 0 Å². The molecule has 30 heavy (non-hydrogen) atoms. The van der Waals surface area contributed by atoms with Crippen molar-refractivity contribution in [3.05, 3.63) is 5.53 Å². The highest BCUT2D eigenvalue weighted by Gasteiger charge is 2.54. The maximum Gasteiger partial charge on any atom is 0.332 e.